The van der Waals surface area contributed by atoms with E-state index in [-0.39, 0.29) is 0 Å². The highest BCUT2D eigenvalue weighted by atomic mass is 35.5. The molecular formula is C11H9Cl2N. The molecule has 0 fully saturated rings. The van der Waals surface area contributed by atoms with Gasteiger partial charge in [0.05, 0.1) is 11.6 Å². The fraction of sp³-hybridized carbons (Fsp3) is 0.182. The first kappa shape index (κ1) is 11.1. The van der Waals surface area contributed by atoms with Gasteiger partial charge in [-0.2, -0.15) is 5.26 Å². The Morgan fingerprint density at radius 3 is 2.86 bits per heavy atom. The van der Waals surface area contributed by atoms with Crippen molar-refractivity contribution in [2.24, 2.45) is 0 Å². The standard InChI is InChI=1S/C11H9Cl2N/c12-6-2-1-3-10-7-9(8-14)4-5-11(10)13/h1,3-5,7H,2,6H2. The molecule has 0 saturated carbocycles. The zero-order valence-corrected chi connectivity index (χ0v) is 9.02. The summed E-state index contributed by atoms with van der Waals surface area (Å²) in [6, 6.07) is 7.24. The lowest BCUT2D eigenvalue weighted by molar-refractivity contribution is 1.24. The Balaban J connectivity index is 2.90. The molecule has 1 aromatic carbocycles. The lowest BCUT2D eigenvalue weighted by Gasteiger charge is -1.97. The fourth-order valence-corrected chi connectivity index (χ4v) is 1.32. The Morgan fingerprint density at radius 1 is 1.43 bits per heavy atom. The van der Waals surface area contributed by atoms with Crippen molar-refractivity contribution < 1.29 is 0 Å². The van der Waals surface area contributed by atoms with Crippen LogP contribution in [0.1, 0.15) is 17.5 Å². The lowest BCUT2D eigenvalue weighted by atomic mass is 10.1. The molecule has 1 nitrogen and oxygen atoms in total. The predicted molar refractivity (Wildman–Crippen MR) is 60.5 cm³/mol. The Kier molecular flexibility index (Phi) is 4.52. The van der Waals surface area contributed by atoms with Crippen LogP contribution in [0, 0.1) is 11.3 Å². The average Bonchev–Trinajstić information content (AvgIpc) is 2.21. The van der Waals surface area contributed by atoms with Crippen LogP contribution in [-0.2, 0) is 0 Å². The Hall–Kier alpha value is -0.970. The molecule has 1 rings (SSSR count). The number of hydrogen-bond acceptors (Lipinski definition) is 1. The maximum atomic E-state index is 8.69. The first-order valence-corrected chi connectivity index (χ1v) is 5.11. The summed E-state index contributed by atoms with van der Waals surface area (Å²) in [5.41, 5.74) is 1.47. The highest BCUT2D eigenvalue weighted by molar-refractivity contribution is 6.32. The van der Waals surface area contributed by atoms with E-state index in [0.717, 1.165) is 12.0 Å². The van der Waals surface area contributed by atoms with Gasteiger partial charge in [-0.15, -0.1) is 11.6 Å². The van der Waals surface area contributed by atoms with Gasteiger partial charge in [0.25, 0.3) is 0 Å². The van der Waals surface area contributed by atoms with Gasteiger partial charge in [-0.05, 0) is 30.2 Å². The SMILES string of the molecule is N#Cc1ccc(Cl)c(C=CCCCl)c1. The van der Waals surface area contributed by atoms with E-state index in [9.17, 15) is 0 Å². The number of alkyl halides is 1. The molecule has 0 aromatic heterocycles. The molecule has 0 amide bonds. The van der Waals surface area contributed by atoms with Gasteiger partial charge in [0.15, 0.2) is 0 Å². The summed E-state index contributed by atoms with van der Waals surface area (Å²) >= 11 is 11.5. The van der Waals surface area contributed by atoms with E-state index in [0.29, 0.717) is 16.5 Å². The minimum absolute atomic E-state index is 0.589. The maximum Gasteiger partial charge on any atom is 0.0991 e. The van der Waals surface area contributed by atoms with E-state index in [4.69, 9.17) is 28.5 Å². The molecule has 3 heteroatoms. The number of benzene rings is 1. The molecule has 1 aromatic rings. The minimum Gasteiger partial charge on any atom is -0.192 e. The van der Waals surface area contributed by atoms with E-state index in [1.54, 1.807) is 18.2 Å². The van der Waals surface area contributed by atoms with Gasteiger partial charge in [0, 0.05) is 10.9 Å². The van der Waals surface area contributed by atoms with E-state index >= 15 is 0 Å². The van der Waals surface area contributed by atoms with Crippen molar-refractivity contribution in [1.29, 1.82) is 5.26 Å². The Morgan fingerprint density at radius 2 is 2.21 bits per heavy atom. The van der Waals surface area contributed by atoms with Crippen LogP contribution in [0.25, 0.3) is 6.08 Å². The van der Waals surface area contributed by atoms with Gasteiger partial charge in [-0.25, -0.2) is 0 Å². The Bertz CT molecular complexity index is 377. The molecule has 0 saturated heterocycles. The van der Waals surface area contributed by atoms with Crippen molar-refractivity contribution in [3.8, 4) is 6.07 Å². The molecule has 0 radical (unpaired) electrons. The molecule has 0 heterocycles. The third kappa shape index (κ3) is 3.06. The normalized spacial score (nSPS) is 10.4. The predicted octanol–water partition coefficient (Wildman–Crippen LogP) is 3.85. The fourth-order valence-electron chi connectivity index (χ4n) is 1.01. The van der Waals surface area contributed by atoms with E-state index in [1.165, 1.54) is 0 Å². The summed E-state index contributed by atoms with van der Waals surface area (Å²) in [7, 11) is 0. The molecule has 0 aliphatic rings. The van der Waals surface area contributed by atoms with Gasteiger partial charge < -0.3 is 0 Å². The largest absolute Gasteiger partial charge is 0.192 e. The van der Waals surface area contributed by atoms with E-state index in [1.807, 2.05) is 12.2 Å². The summed E-state index contributed by atoms with van der Waals surface area (Å²) in [5.74, 6) is 0.589. The molecule has 0 aliphatic heterocycles. The zero-order valence-electron chi connectivity index (χ0n) is 7.50. The molecule has 0 unspecified atom stereocenters. The first-order valence-electron chi connectivity index (χ1n) is 4.20. The Labute approximate surface area is 93.6 Å². The molecule has 14 heavy (non-hydrogen) atoms. The monoisotopic (exact) mass is 225 g/mol. The molecule has 0 N–H and O–H groups in total. The number of rotatable bonds is 3. The lowest BCUT2D eigenvalue weighted by Crippen LogP contribution is -1.79. The summed E-state index contributed by atoms with van der Waals surface area (Å²) in [6.07, 6.45) is 4.62. The van der Waals surface area contributed by atoms with E-state index in [2.05, 4.69) is 6.07 Å². The summed E-state index contributed by atoms with van der Waals surface area (Å²) in [5, 5.41) is 9.33. The highest BCUT2D eigenvalue weighted by Crippen LogP contribution is 2.18. The van der Waals surface area contributed by atoms with Crippen molar-refractivity contribution in [2.75, 3.05) is 5.88 Å². The third-order valence-electron chi connectivity index (χ3n) is 1.70. The van der Waals surface area contributed by atoms with Gasteiger partial charge in [-0.1, -0.05) is 23.8 Å². The van der Waals surface area contributed by atoms with Gasteiger partial charge in [0.1, 0.15) is 0 Å². The van der Waals surface area contributed by atoms with Crippen molar-refractivity contribution in [3.63, 3.8) is 0 Å². The number of nitrogens with zero attached hydrogens (tertiary/aromatic N) is 1. The molecule has 0 aliphatic carbocycles. The molecular weight excluding hydrogens is 217 g/mol. The second kappa shape index (κ2) is 5.70. The number of nitriles is 1. The van der Waals surface area contributed by atoms with E-state index < -0.39 is 0 Å². The van der Waals surface area contributed by atoms with Crippen molar-refractivity contribution in [3.05, 3.63) is 40.4 Å². The molecule has 72 valence electrons. The topological polar surface area (TPSA) is 23.8 Å². The summed E-state index contributed by atoms with van der Waals surface area (Å²) in [4.78, 5) is 0. The van der Waals surface area contributed by atoms with Crippen LogP contribution < -0.4 is 0 Å². The average molecular weight is 226 g/mol. The van der Waals surface area contributed by atoms with Crippen LogP contribution in [0.4, 0.5) is 0 Å². The number of hydrogen-bond donors (Lipinski definition) is 0. The second-order valence-electron chi connectivity index (χ2n) is 2.73. The minimum atomic E-state index is 0.589. The maximum absolute atomic E-state index is 8.69. The molecule has 0 atom stereocenters. The van der Waals surface area contributed by atoms with Crippen LogP contribution in [0.15, 0.2) is 24.3 Å². The van der Waals surface area contributed by atoms with Crippen LogP contribution in [0.5, 0.6) is 0 Å². The van der Waals surface area contributed by atoms with Crippen molar-refractivity contribution in [2.45, 2.75) is 6.42 Å². The quantitative estimate of drug-likeness (QED) is 0.718. The van der Waals surface area contributed by atoms with Crippen LogP contribution in [-0.4, -0.2) is 5.88 Å². The third-order valence-corrected chi connectivity index (χ3v) is 2.26. The van der Waals surface area contributed by atoms with Crippen molar-refractivity contribution >= 4 is 29.3 Å². The van der Waals surface area contributed by atoms with Gasteiger partial charge >= 0.3 is 0 Å². The smallest absolute Gasteiger partial charge is 0.0991 e. The van der Waals surface area contributed by atoms with Crippen LogP contribution >= 0.6 is 23.2 Å². The van der Waals surface area contributed by atoms with Gasteiger partial charge in [-0.3, -0.25) is 0 Å². The summed E-state index contributed by atoms with van der Waals surface area (Å²) in [6.45, 7) is 0. The zero-order chi connectivity index (χ0) is 10.4. The number of allylic oxidation sites excluding steroid dienone is 1. The second-order valence-corrected chi connectivity index (χ2v) is 3.51. The van der Waals surface area contributed by atoms with Crippen molar-refractivity contribution in [1.82, 2.24) is 0 Å². The van der Waals surface area contributed by atoms with Crippen LogP contribution in [0.3, 0.4) is 0 Å². The van der Waals surface area contributed by atoms with Gasteiger partial charge in [0.2, 0.25) is 0 Å². The van der Waals surface area contributed by atoms with Crippen LogP contribution in [0.2, 0.25) is 5.02 Å². The number of halogens is 2. The first-order chi connectivity index (χ1) is 6.77. The highest BCUT2D eigenvalue weighted by Gasteiger charge is 1.97. The summed E-state index contributed by atoms with van der Waals surface area (Å²) < 4.78 is 0. The molecule has 0 spiro atoms. The molecule has 0 bridgehead atoms.